The fourth-order valence-electron chi connectivity index (χ4n) is 1.47. The molecule has 2 rings (SSSR count). The van der Waals surface area contributed by atoms with Crippen LogP contribution in [0.3, 0.4) is 0 Å². The van der Waals surface area contributed by atoms with Crippen molar-refractivity contribution in [1.29, 1.82) is 0 Å². The molecule has 0 saturated heterocycles. The Morgan fingerprint density at radius 3 is 2.72 bits per heavy atom. The second kappa shape index (κ2) is 5.46. The van der Waals surface area contributed by atoms with Crippen LogP contribution >= 0.6 is 11.8 Å². The Morgan fingerprint density at radius 2 is 2.06 bits per heavy atom. The van der Waals surface area contributed by atoms with Crippen molar-refractivity contribution in [3.8, 4) is 0 Å². The van der Waals surface area contributed by atoms with Gasteiger partial charge in [-0.05, 0) is 42.3 Å². The minimum Gasteiger partial charge on any atom is -0.392 e. The first kappa shape index (κ1) is 13.0. The lowest BCUT2D eigenvalue weighted by molar-refractivity contribution is 0.281. The topological polar surface area (TPSA) is 33.1 Å². The molecule has 1 N–H and O–H groups in total. The molecule has 0 fully saturated rings. The van der Waals surface area contributed by atoms with Gasteiger partial charge in [-0.15, -0.1) is 0 Å². The van der Waals surface area contributed by atoms with Crippen LogP contribution in [0, 0.1) is 18.6 Å². The van der Waals surface area contributed by atoms with E-state index in [-0.39, 0.29) is 11.5 Å². The van der Waals surface area contributed by atoms with Gasteiger partial charge < -0.3 is 5.11 Å². The molecule has 0 amide bonds. The van der Waals surface area contributed by atoms with Crippen LogP contribution < -0.4 is 0 Å². The van der Waals surface area contributed by atoms with Gasteiger partial charge >= 0.3 is 0 Å². The number of pyridine rings is 1. The van der Waals surface area contributed by atoms with Crippen LogP contribution in [0.1, 0.15) is 11.1 Å². The minimum atomic E-state index is -0.483. The number of hydrogen-bond donors (Lipinski definition) is 1. The Morgan fingerprint density at radius 1 is 1.28 bits per heavy atom. The lowest BCUT2D eigenvalue weighted by atomic mass is 10.2. The summed E-state index contributed by atoms with van der Waals surface area (Å²) in [7, 11) is 0. The van der Waals surface area contributed by atoms with Crippen molar-refractivity contribution in [1.82, 2.24) is 4.98 Å². The van der Waals surface area contributed by atoms with E-state index < -0.39 is 11.6 Å². The van der Waals surface area contributed by atoms with E-state index in [1.807, 2.05) is 6.92 Å². The molecule has 1 aromatic heterocycles. The van der Waals surface area contributed by atoms with E-state index in [9.17, 15) is 8.78 Å². The summed E-state index contributed by atoms with van der Waals surface area (Å²) in [5.41, 5.74) is 1.51. The van der Waals surface area contributed by atoms with Crippen LogP contribution in [-0.2, 0) is 6.61 Å². The highest BCUT2D eigenvalue weighted by Crippen LogP contribution is 2.31. The number of aryl methyl sites for hydroxylation is 1. The number of aliphatic hydroxyl groups is 1. The highest BCUT2D eigenvalue weighted by molar-refractivity contribution is 7.99. The fraction of sp³-hybridized carbons (Fsp3) is 0.154. The molecular formula is C13H11F2NOS. The maximum absolute atomic E-state index is 13.5. The Labute approximate surface area is 108 Å². The Balaban J connectivity index is 2.31. The molecule has 0 unspecified atom stereocenters. The SMILES string of the molecule is Cc1cc(CO)cnc1Sc1cc(F)ccc1F. The normalized spacial score (nSPS) is 10.7. The molecule has 94 valence electrons. The lowest BCUT2D eigenvalue weighted by Gasteiger charge is -2.07. The minimum absolute atomic E-state index is 0.0902. The maximum atomic E-state index is 13.5. The van der Waals surface area contributed by atoms with Gasteiger partial charge in [0.15, 0.2) is 0 Å². The van der Waals surface area contributed by atoms with Crippen LogP contribution in [0.4, 0.5) is 8.78 Å². The van der Waals surface area contributed by atoms with Gasteiger partial charge in [-0.3, -0.25) is 0 Å². The molecule has 1 heterocycles. The number of aliphatic hydroxyl groups excluding tert-OH is 1. The van der Waals surface area contributed by atoms with Crippen molar-refractivity contribution in [3.05, 3.63) is 53.2 Å². The predicted molar refractivity (Wildman–Crippen MR) is 65.4 cm³/mol. The first-order valence-corrected chi connectivity index (χ1v) is 6.11. The fourth-order valence-corrected chi connectivity index (χ4v) is 2.34. The zero-order chi connectivity index (χ0) is 13.1. The number of halogens is 2. The zero-order valence-electron chi connectivity index (χ0n) is 9.65. The molecule has 2 nitrogen and oxygen atoms in total. The molecule has 0 radical (unpaired) electrons. The monoisotopic (exact) mass is 267 g/mol. The summed E-state index contributed by atoms with van der Waals surface area (Å²) in [5, 5.41) is 9.56. The molecule has 18 heavy (non-hydrogen) atoms. The van der Waals surface area contributed by atoms with Crippen molar-refractivity contribution in [2.45, 2.75) is 23.5 Å². The van der Waals surface area contributed by atoms with E-state index in [0.29, 0.717) is 10.6 Å². The molecule has 5 heteroatoms. The molecule has 0 atom stereocenters. The number of aromatic nitrogens is 1. The van der Waals surface area contributed by atoms with Gasteiger partial charge in [0.05, 0.1) is 11.5 Å². The lowest BCUT2D eigenvalue weighted by Crippen LogP contribution is -1.92. The van der Waals surface area contributed by atoms with Gasteiger partial charge in [-0.1, -0.05) is 11.8 Å². The van der Waals surface area contributed by atoms with E-state index in [1.54, 1.807) is 6.07 Å². The number of nitrogens with zero attached hydrogens (tertiary/aromatic N) is 1. The number of hydrogen-bond acceptors (Lipinski definition) is 3. The quantitative estimate of drug-likeness (QED) is 0.926. The van der Waals surface area contributed by atoms with Crippen molar-refractivity contribution in [2.24, 2.45) is 0 Å². The third-order valence-corrected chi connectivity index (χ3v) is 3.52. The average Bonchev–Trinajstić information content (AvgIpc) is 2.36. The zero-order valence-corrected chi connectivity index (χ0v) is 10.5. The van der Waals surface area contributed by atoms with E-state index in [1.165, 1.54) is 6.20 Å². The van der Waals surface area contributed by atoms with Crippen molar-refractivity contribution in [3.63, 3.8) is 0 Å². The molecule has 0 aliphatic rings. The maximum Gasteiger partial charge on any atom is 0.137 e. The van der Waals surface area contributed by atoms with Crippen molar-refractivity contribution in [2.75, 3.05) is 0 Å². The third kappa shape index (κ3) is 2.86. The second-order valence-electron chi connectivity index (χ2n) is 3.80. The molecule has 2 aromatic rings. The summed E-state index contributed by atoms with van der Waals surface area (Å²) in [6.07, 6.45) is 1.52. The highest BCUT2D eigenvalue weighted by Gasteiger charge is 2.09. The van der Waals surface area contributed by atoms with E-state index >= 15 is 0 Å². The summed E-state index contributed by atoms with van der Waals surface area (Å²) in [4.78, 5) is 4.33. The van der Waals surface area contributed by atoms with Gasteiger partial charge in [0, 0.05) is 6.20 Å². The summed E-state index contributed by atoms with van der Waals surface area (Å²) in [6.45, 7) is 1.72. The molecule has 1 aromatic carbocycles. The Kier molecular flexibility index (Phi) is 3.93. The first-order valence-electron chi connectivity index (χ1n) is 5.29. The highest BCUT2D eigenvalue weighted by atomic mass is 32.2. The summed E-state index contributed by atoms with van der Waals surface area (Å²) in [6, 6.07) is 5.08. The smallest absolute Gasteiger partial charge is 0.137 e. The average molecular weight is 267 g/mol. The molecule has 0 aliphatic carbocycles. The van der Waals surface area contributed by atoms with Gasteiger partial charge in [-0.25, -0.2) is 13.8 Å². The van der Waals surface area contributed by atoms with Gasteiger partial charge in [-0.2, -0.15) is 0 Å². The van der Waals surface area contributed by atoms with Crippen molar-refractivity contribution >= 4 is 11.8 Å². The summed E-state index contributed by atoms with van der Waals surface area (Å²) >= 11 is 1.07. The Hall–Kier alpha value is -1.46. The Bertz CT molecular complexity index is 575. The van der Waals surface area contributed by atoms with Gasteiger partial charge in [0.2, 0.25) is 0 Å². The van der Waals surface area contributed by atoms with Crippen LogP contribution in [0.15, 0.2) is 40.4 Å². The molecule has 0 bridgehead atoms. The summed E-state index contributed by atoms with van der Waals surface area (Å²) < 4.78 is 26.5. The predicted octanol–water partition coefficient (Wildman–Crippen LogP) is 3.31. The van der Waals surface area contributed by atoms with E-state index in [2.05, 4.69) is 4.98 Å². The van der Waals surface area contributed by atoms with Gasteiger partial charge in [0.25, 0.3) is 0 Å². The molecular weight excluding hydrogens is 256 g/mol. The van der Waals surface area contributed by atoms with Crippen LogP contribution in [0.25, 0.3) is 0 Å². The van der Waals surface area contributed by atoms with Crippen molar-refractivity contribution < 1.29 is 13.9 Å². The van der Waals surface area contributed by atoms with Gasteiger partial charge in [0.1, 0.15) is 16.7 Å². The number of benzene rings is 1. The molecule has 0 saturated carbocycles. The largest absolute Gasteiger partial charge is 0.392 e. The van der Waals surface area contributed by atoms with Crippen LogP contribution in [-0.4, -0.2) is 10.1 Å². The summed E-state index contributed by atoms with van der Waals surface area (Å²) in [5.74, 6) is -0.961. The third-order valence-electron chi connectivity index (χ3n) is 2.37. The van der Waals surface area contributed by atoms with Crippen LogP contribution in [0.2, 0.25) is 0 Å². The first-order chi connectivity index (χ1) is 8.60. The van der Waals surface area contributed by atoms with E-state index in [4.69, 9.17) is 5.11 Å². The molecule has 0 spiro atoms. The standard InChI is InChI=1S/C13H11F2NOS/c1-8-4-9(7-17)6-16-13(8)18-12-5-10(14)2-3-11(12)15/h2-6,17H,7H2,1H3. The molecule has 0 aliphatic heterocycles. The van der Waals surface area contributed by atoms with Crippen LogP contribution in [0.5, 0.6) is 0 Å². The second-order valence-corrected chi connectivity index (χ2v) is 4.83. The van der Waals surface area contributed by atoms with E-state index in [0.717, 1.165) is 35.5 Å². The number of rotatable bonds is 3.